The third kappa shape index (κ3) is 0.881. The average molecular weight is 105 g/mol. The van der Waals surface area contributed by atoms with Gasteiger partial charge in [0, 0.05) is 6.20 Å². The number of hydrogen-bond acceptors (Lipinski definition) is 2. The molecule has 2 nitrogen and oxygen atoms in total. The first-order valence-corrected chi connectivity index (χ1v) is 2.30. The van der Waals surface area contributed by atoms with Crippen LogP contribution in [0, 0.1) is 18.0 Å². The van der Waals surface area contributed by atoms with E-state index in [9.17, 15) is 0 Å². The zero-order valence-electron chi connectivity index (χ0n) is 4.28. The maximum atomic E-state index is 8.25. The Bertz CT molecular complexity index is 162. The summed E-state index contributed by atoms with van der Waals surface area (Å²) >= 11 is 0. The highest BCUT2D eigenvalue weighted by molar-refractivity contribution is 5.16. The molecule has 0 saturated heterocycles. The lowest BCUT2D eigenvalue weighted by atomic mass is 10.4. The van der Waals surface area contributed by atoms with Crippen molar-refractivity contribution in [1.82, 2.24) is 4.90 Å². The van der Waals surface area contributed by atoms with Crippen molar-refractivity contribution in [3.63, 3.8) is 0 Å². The van der Waals surface area contributed by atoms with Gasteiger partial charge in [-0.25, -0.2) is 0 Å². The van der Waals surface area contributed by atoms with Gasteiger partial charge in [-0.2, -0.15) is 5.26 Å². The lowest BCUT2D eigenvalue weighted by Crippen LogP contribution is -2.04. The number of hydrogen-bond donors (Lipinski definition) is 0. The second-order valence-corrected chi connectivity index (χ2v) is 1.38. The Morgan fingerprint density at radius 2 is 2.12 bits per heavy atom. The molecule has 8 heavy (non-hydrogen) atoms. The fraction of sp³-hybridized carbons (Fsp3) is 0. The van der Waals surface area contributed by atoms with Crippen molar-refractivity contribution in [3.8, 4) is 6.19 Å². The lowest BCUT2D eigenvalue weighted by molar-refractivity contribution is 0.659. The van der Waals surface area contributed by atoms with Crippen LogP contribution >= 0.6 is 0 Å². The maximum Gasteiger partial charge on any atom is 0.184 e. The van der Waals surface area contributed by atoms with Crippen molar-refractivity contribution in [1.29, 1.82) is 5.26 Å². The number of nitrogens with zero attached hydrogens (tertiary/aromatic N) is 2. The zero-order chi connectivity index (χ0) is 5.82. The van der Waals surface area contributed by atoms with Gasteiger partial charge in [0.05, 0.1) is 6.54 Å². The Balaban J connectivity index is 2.55. The average Bonchev–Trinajstić information content (AvgIpc) is 1.90. The van der Waals surface area contributed by atoms with Crippen LogP contribution in [0.15, 0.2) is 24.4 Å². The quantitative estimate of drug-likeness (QED) is 0.430. The van der Waals surface area contributed by atoms with Crippen LogP contribution in [0.5, 0.6) is 0 Å². The fourth-order valence-corrected chi connectivity index (χ4v) is 0.465. The van der Waals surface area contributed by atoms with Crippen molar-refractivity contribution in [2.24, 2.45) is 0 Å². The molecule has 0 aromatic carbocycles. The van der Waals surface area contributed by atoms with E-state index in [0.29, 0.717) is 0 Å². The van der Waals surface area contributed by atoms with Crippen molar-refractivity contribution in [2.75, 3.05) is 0 Å². The molecule has 0 aliphatic carbocycles. The topological polar surface area (TPSA) is 27.0 Å². The molecule has 0 bridgehead atoms. The highest BCUT2D eigenvalue weighted by atomic mass is 15.1. The summed E-state index contributed by atoms with van der Waals surface area (Å²) in [5.74, 6) is 0. The molecule has 2 heteroatoms. The van der Waals surface area contributed by atoms with E-state index >= 15 is 0 Å². The van der Waals surface area contributed by atoms with Gasteiger partial charge in [-0.15, -0.1) is 0 Å². The largest absolute Gasteiger partial charge is 0.277 e. The highest BCUT2D eigenvalue weighted by Crippen LogP contribution is 1.98. The molecule has 0 amide bonds. The van der Waals surface area contributed by atoms with E-state index in [-0.39, 0.29) is 0 Å². The molecule has 0 saturated carbocycles. The summed E-state index contributed by atoms with van der Waals surface area (Å²) in [5.41, 5.74) is 0. The molecule has 1 heterocycles. The third-order valence-corrected chi connectivity index (χ3v) is 0.831. The second-order valence-electron chi connectivity index (χ2n) is 1.38. The van der Waals surface area contributed by atoms with E-state index in [1.165, 1.54) is 4.90 Å². The molecule has 0 atom stereocenters. The van der Waals surface area contributed by atoms with Gasteiger partial charge in [-0.1, -0.05) is 12.2 Å². The van der Waals surface area contributed by atoms with Crippen molar-refractivity contribution in [2.45, 2.75) is 0 Å². The Hall–Kier alpha value is -1.23. The monoisotopic (exact) mass is 105 g/mol. The van der Waals surface area contributed by atoms with E-state index in [1.807, 2.05) is 24.4 Å². The molecular formula is C6H5N2. The number of nitriles is 1. The molecule has 0 unspecified atom stereocenters. The summed E-state index contributed by atoms with van der Waals surface area (Å²) in [6, 6.07) is 0. The molecule has 0 spiro atoms. The van der Waals surface area contributed by atoms with Crippen LogP contribution in [-0.2, 0) is 0 Å². The van der Waals surface area contributed by atoms with Crippen LogP contribution in [-0.4, -0.2) is 4.90 Å². The van der Waals surface area contributed by atoms with Gasteiger partial charge in [0.2, 0.25) is 0 Å². The van der Waals surface area contributed by atoms with E-state index in [0.717, 1.165) is 0 Å². The number of allylic oxidation sites excluding steroid dienone is 2. The van der Waals surface area contributed by atoms with E-state index in [1.54, 1.807) is 12.7 Å². The third-order valence-electron chi connectivity index (χ3n) is 0.831. The van der Waals surface area contributed by atoms with Crippen LogP contribution in [0.1, 0.15) is 0 Å². The minimum Gasteiger partial charge on any atom is -0.277 e. The first-order chi connectivity index (χ1) is 3.93. The van der Waals surface area contributed by atoms with Gasteiger partial charge >= 0.3 is 0 Å². The summed E-state index contributed by atoms with van der Waals surface area (Å²) in [6.07, 6.45) is 9.12. The van der Waals surface area contributed by atoms with E-state index in [4.69, 9.17) is 5.26 Å². The molecule has 1 aliphatic rings. The van der Waals surface area contributed by atoms with Crippen molar-refractivity contribution < 1.29 is 0 Å². The van der Waals surface area contributed by atoms with Gasteiger partial charge < -0.3 is 0 Å². The second kappa shape index (κ2) is 2.17. The van der Waals surface area contributed by atoms with Crippen LogP contribution < -0.4 is 0 Å². The minimum atomic E-state index is 1.43. The predicted octanol–water partition coefficient (Wildman–Crippen LogP) is 1.01. The molecular weight excluding hydrogens is 100 g/mol. The van der Waals surface area contributed by atoms with Crippen LogP contribution in [0.3, 0.4) is 0 Å². The molecule has 39 valence electrons. The number of rotatable bonds is 0. The highest BCUT2D eigenvalue weighted by Gasteiger charge is 1.93. The van der Waals surface area contributed by atoms with Gasteiger partial charge in [0.15, 0.2) is 6.19 Å². The molecule has 0 aromatic rings. The summed E-state index contributed by atoms with van der Waals surface area (Å²) < 4.78 is 0. The molecule has 1 aliphatic heterocycles. The molecule has 1 rings (SSSR count). The van der Waals surface area contributed by atoms with Crippen LogP contribution in [0.4, 0.5) is 0 Å². The standard InChI is InChI=1S/C6H5N2/c7-6-8-4-2-1-3-5-8/h1-5H. The Morgan fingerprint density at radius 1 is 1.25 bits per heavy atom. The van der Waals surface area contributed by atoms with Crippen molar-refractivity contribution >= 4 is 0 Å². The predicted molar refractivity (Wildman–Crippen MR) is 30.0 cm³/mol. The summed E-state index contributed by atoms with van der Waals surface area (Å²) in [6.45, 7) is 1.69. The Labute approximate surface area is 48.3 Å². The normalized spacial score (nSPS) is 16.1. The lowest BCUT2D eigenvalue weighted by Gasteiger charge is -2.06. The molecule has 1 radical (unpaired) electrons. The molecule has 0 fully saturated rings. The Kier molecular flexibility index (Phi) is 1.34. The molecule has 0 aromatic heterocycles. The summed E-state index contributed by atoms with van der Waals surface area (Å²) in [5, 5.41) is 8.25. The first kappa shape index (κ1) is 4.92. The molecule has 0 N–H and O–H groups in total. The van der Waals surface area contributed by atoms with Crippen LogP contribution in [0.25, 0.3) is 0 Å². The zero-order valence-corrected chi connectivity index (χ0v) is 4.28. The van der Waals surface area contributed by atoms with Gasteiger partial charge in [-0.05, 0) is 6.08 Å². The van der Waals surface area contributed by atoms with Crippen LogP contribution in [0.2, 0.25) is 0 Å². The maximum absolute atomic E-state index is 8.25. The Morgan fingerprint density at radius 3 is 2.50 bits per heavy atom. The minimum absolute atomic E-state index is 1.43. The van der Waals surface area contributed by atoms with E-state index < -0.39 is 0 Å². The van der Waals surface area contributed by atoms with Gasteiger partial charge in [0.25, 0.3) is 0 Å². The fourth-order valence-electron chi connectivity index (χ4n) is 0.465. The summed E-state index contributed by atoms with van der Waals surface area (Å²) in [7, 11) is 0. The van der Waals surface area contributed by atoms with Gasteiger partial charge in [0.1, 0.15) is 0 Å². The SMILES string of the molecule is N#CN1[CH]C=CC=C1. The summed E-state index contributed by atoms with van der Waals surface area (Å²) in [4.78, 5) is 1.43. The van der Waals surface area contributed by atoms with Gasteiger partial charge in [-0.3, -0.25) is 4.90 Å². The first-order valence-electron chi connectivity index (χ1n) is 2.30. The van der Waals surface area contributed by atoms with E-state index in [2.05, 4.69) is 0 Å². The van der Waals surface area contributed by atoms with Crippen molar-refractivity contribution in [3.05, 3.63) is 31.0 Å². The smallest absolute Gasteiger partial charge is 0.184 e.